The molecule has 0 aliphatic rings. The molecule has 0 fully saturated rings. The average molecular weight is 91.5 g/mol. The zero-order valence-corrected chi connectivity index (χ0v) is 3.57. The van der Waals surface area contributed by atoms with Gasteiger partial charge in [0.15, 0.2) is 0 Å². The maximum absolute atomic E-state index is 5.04. The summed E-state index contributed by atoms with van der Waals surface area (Å²) >= 11 is 5.04. The van der Waals surface area contributed by atoms with Crippen molar-refractivity contribution in [1.82, 2.24) is 0 Å². The lowest BCUT2D eigenvalue weighted by atomic mass is 10.7. The minimum absolute atomic E-state index is 0.531. The maximum atomic E-state index is 5.04. The number of rotatable bonds is 1. The molecule has 0 bridgehead atoms. The van der Waals surface area contributed by atoms with Gasteiger partial charge < -0.3 is 5.73 Å². The standard InChI is InChI=1S/C3H6ClN/c4-2-1-3-5/h1-2H,3,5H2. The van der Waals surface area contributed by atoms with Crippen molar-refractivity contribution in [2.45, 2.75) is 0 Å². The molecule has 0 aromatic carbocycles. The van der Waals surface area contributed by atoms with E-state index in [1.807, 2.05) is 0 Å². The Morgan fingerprint density at radius 1 is 1.80 bits per heavy atom. The normalized spacial score (nSPS) is 10.0. The third-order valence-corrected chi connectivity index (χ3v) is 0.403. The second kappa shape index (κ2) is 3.99. The molecule has 0 saturated carbocycles. The van der Waals surface area contributed by atoms with E-state index in [9.17, 15) is 0 Å². The fourth-order valence-corrected chi connectivity index (χ4v) is 0.154. The van der Waals surface area contributed by atoms with Gasteiger partial charge in [-0.05, 0) is 0 Å². The van der Waals surface area contributed by atoms with E-state index in [4.69, 9.17) is 17.3 Å². The van der Waals surface area contributed by atoms with E-state index in [1.165, 1.54) is 5.54 Å². The summed E-state index contributed by atoms with van der Waals surface area (Å²) in [5.74, 6) is 0. The van der Waals surface area contributed by atoms with Gasteiger partial charge in [0.2, 0.25) is 0 Å². The van der Waals surface area contributed by atoms with Crippen molar-refractivity contribution >= 4 is 11.6 Å². The minimum atomic E-state index is 0.531. The predicted molar refractivity (Wildman–Crippen MR) is 24.0 cm³/mol. The SMILES string of the molecule is NCC=CCl. The molecule has 0 aromatic heterocycles. The van der Waals surface area contributed by atoms with E-state index in [0.29, 0.717) is 6.54 Å². The van der Waals surface area contributed by atoms with Crippen LogP contribution in [-0.4, -0.2) is 6.54 Å². The third kappa shape index (κ3) is 3.99. The molecule has 1 nitrogen and oxygen atoms in total. The lowest BCUT2D eigenvalue weighted by molar-refractivity contribution is 1.26. The molecule has 0 radical (unpaired) electrons. The molecule has 5 heavy (non-hydrogen) atoms. The first-order chi connectivity index (χ1) is 2.41. The van der Waals surface area contributed by atoms with Crippen LogP contribution < -0.4 is 5.73 Å². The summed E-state index contributed by atoms with van der Waals surface area (Å²) in [6, 6.07) is 0. The monoisotopic (exact) mass is 91.0 g/mol. The van der Waals surface area contributed by atoms with E-state index < -0.39 is 0 Å². The van der Waals surface area contributed by atoms with Gasteiger partial charge in [0.1, 0.15) is 0 Å². The topological polar surface area (TPSA) is 26.0 Å². The summed E-state index contributed by atoms with van der Waals surface area (Å²) in [6.45, 7) is 0.531. The Kier molecular flexibility index (Phi) is 3.98. The zero-order chi connectivity index (χ0) is 4.12. The van der Waals surface area contributed by atoms with Gasteiger partial charge >= 0.3 is 0 Å². The average Bonchev–Trinajstić information content (AvgIpc) is 1.41. The molecule has 0 unspecified atom stereocenters. The second-order valence-electron chi connectivity index (χ2n) is 0.597. The van der Waals surface area contributed by atoms with Crippen LogP contribution in [0.15, 0.2) is 11.6 Å². The molecule has 0 atom stereocenters. The molecule has 0 aliphatic carbocycles. The molecule has 0 aliphatic heterocycles. The van der Waals surface area contributed by atoms with Crippen LogP contribution in [0.1, 0.15) is 0 Å². The fourth-order valence-electron chi connectivity index (χ4n) is 0.0514. The van der Waals surface area contributed by atoms with E-state index in [2.05, 4.69) is 0 Å². The van der Waals surface area contributed by atoms with Gasteiger partial charge in [-0.2, -0.15) is 0 Å². The van der Waals surface area contributed by atoms with Gasteiger partial charge in [0, 0.05) is 12.1 Å². The molecule has 0 spiro atoms. The van der Waals surface area contributed by atoms with Crippen LogP contribution in [0.25, 0.3) is 0 Å². The summed E-state index contributed by atoms with van der Waals surface area (Å²) in [5, 5.41) is 0. The Morgan fingerprint density at radius 2 is 2.40 bits per heavy atom. The first-order valence-electron chi connectivity index (χ1n) is 1.37. The zero-order valence-electron chi connectivity index (χ0n) is 2.82. The highest BCUT2D eigenvalue weighted by Gasteiger charge is 1.53. The largest absolute Gasteiger partial charge is 0.327 e. The van der Waals surface area contributed by atoms with Crippen LogP contribution in [0.3, 0.4) is 0 Å². The number of hydrogen-bond donors (Lipinski definition) is 1. The maximum Gasteiger partial charge on any atom is 0.0118 e. The van der Waals surface area contributed by atoms with Crippen molar-refractivity contribution in [2.75, 3.05) is 6.54 Å². The fraction of sp³-hybridized carbons (Fsp3) is 0.333. The summed E-state index contributed by atoms with van der Waals surface area (Å²) in [7, 11) is 0. The highest BCUT2D eigenvalue weighted by Crippen LogP contribution is 1.70. The first-order valence-corrected chi connectivity index (χ1v) is 1.80. The first kappa shape index (κ1) is 4.99. The van der Waals surface area contributed by atoms with Crippen LogP contribution in [0.4, 0.5) is 0 Å². The van der Waals surface area contributed by atoms with Crippen LogP contribution in [0.5, 0.6) is 0 Å². The van der Waals surface area contributed by atoms with Crippen LogP contribution in [0.2, 0.25) is 0 Å². The van der Waals surface area contributed by atoms with Crippen molar-refractivity contribution in [2.24, 2.45) is 5.73 Å². The van der Waals surface area contributed by atoms with Crippen molar-refractivity contribution in [1.29, 1.82) is 0 Å². The molecule has 0 amide bonds. The number of halogens is 1. The van der Waals surface area contributed by atoms with Gasteiger partial charge in [0.05, 0.1) is 0 Å². The van der Waals surface area contributed by atoms with Crippen LogP contribution in [-0.2, 0) is 0 Å². The Labute approximate surface area is 36.4 Å². The molecule has 0 aromatic rings. The highest BCUT2D eigenvalue weighted by molar-refractivity contribution is 6.25. The summed E-state index contributed by atoms with van der Waals surface area (Å²) in [5.41, 5.74) is 6.37. The van der Waals surface area contributed by atoms with Crippen molar-refractivity contribution < 1.29 is 0 Å². The lowest BCUT2D eigenvalue weighted by Crippen LogP contribution is -1.90. The van der Waals surface area contributed by atoms with E-state index in [-0.39, 0.29) is 0 Å². The van der Waals surface area contributed by atoms with Gasteiger partial charge in [-0.15, -0.1) is 0 Å². The second-order valence-corrected chi connectivity index (χ2v) is 0.849. The van der Waals surface area contributed by atoms with E-state index >= 15 is 0 Å². The highest BCUT2D eigenvalue weighted by atomic mass is 35.5. The smallest absolute Gasteiger partial charge is 0.0118 e. The van der Waals surface area contributed by atoms with Crippen molar-refractivity contribution in [3.8, 4) is 0 Å². The Hall–Kier alpha value is -0.0100. The molecule has 0 heterocycles. The lowest BCUT2D eigenvalue weighted by Gasteiger charge is -1.65. The molecule has 2 heteroatoms. The van der Waals surface area contributed by atoms with E-state index in [1.54, 1.807) is 6.08 Å². The molecular formula is C3H6ClN. The minimum Gasteiger partial charge on any atom is -0.327 e. The number of nitrogens with two attached hydrogens (primary N) is 1. The summed E-state index contributed by atoms with van der Waals surface area (Å²) < 4.78 is 0. The van der Waals surface area contributed by atoms with Crippen molar-refractivity contribution in [3.63, 3.8) is 0 Å². The van der Waals surface area contributed by atoms with Gasteiger partial charge in [0.25, 0.3) is 0 Å². The molecule has 0 saturated heterocycles. The molecule has 2 N–H and O–H groups in total. The van der Waals surface area contributed by atoms with Gasteiger partial charge in [-0.25, -0.2) is 0 Å². The Bertz CT molecular complexity index is 33.9. The Balaban J connectivity index is 2.62. The van der Waals surface area contributed by atoms with E-state index in [0.717, 1.165) is 0 Å². The van der Waals surface area contributed by atoms with Gasteiger partial charge in [-0.3, -0.25) is 0 Å². The predicted octanol–water partition coefficient (Wildman–Crippen LogP) is 0.698. The Morgan fingerprint density at radius 3 is 2.40 bits per heavy atom. The number of hydrogen-bond acceptors (Lipinski definition) is 1. The molecular weight excluding hydrogens is 85.5 g/mol. The van der Waals surface area contributed by atoms with Crippen LogP contribution >= 0.6 is 11.6 Å². The van der Waals surface area contributed by atoms with Crippen LogP contribution in [0, 0.1) is 0 Å². The molecule has 0 rings (SSSR count). The quantitative estimate of drug-likeness (QED) is 0.505. The summed E-state index contributed by atoms with van der Waals surface area (Å²) in [6.07, 6.45) is 1.67. The van der Waals surface area contributed by atoms with Crippen molar-refractivity contribution in [3.05, 3.63) is 11.6 Å². The van der Waals surface area contributed by atoms with Gasteiger partial charge in [-0.1, -0.05) is 17.7 Å². The molecule has 30 valence electrons. The summed E-state index contributed by atoms with van der Waals surface area (Å²) in [4.78, 5) is 0. The third-order valence-electron chi connectivity index (χ3n) is 0.225.